The maximum Gasteiger partial charge on any atom is 0.115 e. The van der Waals surface area contributed by atoms with E-state index in [9.17, 15) is 5.11 Å². The minimum Gasteiger partial charge on any atom is -0.508 e. The molecule has 0 aliphatic heterocycles. The Morgan fingerprint density at radius 3 is 2.53 bits per heavy atom. The van der Waals surface area contributed by atoms with E-state index in [4.69, 9.17) is 17.3 Å². The first kappa shape index (κ1) is 13.9. The van der Waals surface area contributed by atoms with Gasteiger partial charge in [0.25, 0.3) is 0 Å². The van der Waals surface area contributed by atoms with Gasteiger partial charge in [0.05, 0.1) is 0 Å². The third kappa shape index (κ3) is 3.98. The molecule has 1 unspecified atom stereocenters. The van der Waals surface area contributed by atoms with E-state index >= 15 is 0 Å². The van der Waals surface area contributed by atoms with Gasteiger partial charge in [-0.15, -0.1) is 0 Å². The first-order valence-corrected chi connectivity index (χ1v) is 6.78. The molecule has 2 nitrogen and oxygen atoms in total. The molecule has 0 spiro atoms. The fourth-order valence-corrected chi connectivity index (χ4v) is 2.44. The van der Waals surface area contributed by atoms with E-state index in [2.05, 4.69) is 0 Å². The van der Waals surface area contributed by atoms with Crippen LogP contribution in [0.25, 0.3) is 0 Å². The highest BCUT2D eigenvalue weighted by atomic mass is 35.5. The molecule has 0 aliphatic carbocycles. The van der Waals surface area contributed by atoms with Crippen LogP contribution in [0.4, 0.5) is 0 Å². The Kier molecular flexibility index (Phi) is 4.83. The standard InChI is InChI=1S/C16H18ClNO/c17-16-7-2-1-5-14(16)9-13(11-18)8-12-4-3-6-15(19)10-12/h1-7,10,13,19H,8-9,11,18H2. The second-order valence-corrected chi connectivity index (χ2v) is 5.18. The van der Waals surface area contributed by atoms with Crippen molar-refractivity contribution in [2.75, 3.05) is 6.54 Å². The van der Waals surface area contributed by atoms with Crippen molar-refractivity contribution in [3.8, 4) is 5.75 Å². The molecule has 0 aromatic heterocycles. The number of rotatable bonds is 5. The lowest BCUT2D eigenvalue weighted by Crippen LogP contribution is -2.19. The average molecular weight is 276 g/mol. The van der Waals surface area contributed by atoms with E-state index in [-0.39, 0.29) is 0 Å². The van der Waals surface area contributed by atoms with Crippen molar-refractivity contribution in [2.45, 2.75) is 12.8 Å². The monoisotopic (exact) mass is 275 g/mol. The van der Waals surface area contributed by atoms with Gasteiger partial charge in [0.15, 0.2) is 0 Å². The van der Waals surface area contributed by atoms with Gasteiger partial charge in [-0.25, -0.2) is 0 Å². The van der Waals surface area contributed by atoms with E-state index in [1.807, 2.05) is 36.4 Å². The van der Waals surface area contributed by atoms with Crippen LogP contribution in [0.15, 0.2) is 48.5 Å². The molecule has 2 rings (SSSR count). The van der Waals surface area contributed by atoms with Gasteiger partial charge in [-0.1, -0.05) is 41.9 Å². The third-order valence-corrected chi connectivity index (χ3v) is 3.60. The van der Waals surface area contributed by atoms with Crippen LogP contribution in [-0.2, 0) is 12.8 Å². The molecule has 0 saturated heterocycles. The van der Waals surface area contributed by atoms with E-state index < -0.39 is 0 Å². The van der Waals surface area contributed by atoms with E-state index in [0.29, 0.717) is 18.2 Å². The Balaban J connectivity index is 2.07. The number of nitrogens with two attached hydrogens (primary N) is 1. The topological polar surface area (TPSA) is 46.2 Å². The SMILES string of the molecule is NCC(Cc1cccc(O)c1)Cc1ccccc1Cl. The number of hydrogen-bond donors (Lipinski definition) is 2. The highest BCUT2D eigenvalue weighted by Gasteiger charge is 2.11. The maximum absolute atomic E-state index is 9.48. The molecule has 0 saturated carbocycles. The summed E-state index contributed by atoms with van der Waals surface area (Å²) in [5.74, 6) is 0.618. The smallest absolute Gasteiger partial charge is 0.115 e. The van der Waals surface area contributed by atoms with Crippen LogP contribution in [0.2, 0.25) is 5.02 Å². The number of aromatic hydroxyl groups is 1. The van der Waals surface area contributed by atoms with Gasteiger partial charge in [-0.05, 0) is 54.6 Å². The highest BCUT2D eigenvalue weighted by Crippen LogP contribution is 2.21. The van der Waals surface area contributed by atoms with Crippen LogP contribution in [0.5, 0.6) is 5.75 Å². The first-order chi connectivity index (χ1) is 9.19. The average Bonchev–Trinajstić information content (AvgIpc) is 2.40. The van der Waals surface area contributed by atoms with Crippen molar-refractivity contribution < 1.29 is 5.11 Å². The lowest BCUT2D eigenvalue weighted by Gasteiger charge is -2.16. The zero-order valence-corrected chi connectivity index (χ0v) is 11.5. The number of phenolic OH excluding ortho intramolecular Hbond substituents is 1. The van der Waals surface area contributed by atoms with Gasteiger partial charge in [0, 0.05) is 5.02 Å². The Morgan fingerprint density at radius 1 is 1.05 bits per heavy atom. The summed E-state index contributed by atoms with van der Waals surface area (Å²) in [4.78, 5) is 0. The molecule has 2 aromatic rings. The Hall–Kier alpha value is -1.51. The predicted molar refractivity (Wildman–Crippen MR) is 79.5 cm³/mol. The maximum atomic E-state index is 9.48. The van der Waals surface area contributed by atoms with Gasteiger partial charge in [-0.3, -0.25) is 0 Å². The van der Waals surface area contributed by atoms with Crippen molar-refractivity contribution in [3.63, 3.8) is 0 Å². The van der Waals surface area contributed by atoms with Gasteiger partial charge >= 0.3 is 0 Å². The number of phenols is 1. The lowest BCUT2D eigenvalue weighted by molar-refractivity contribution is 0.472. The van der Waals surface area contributed by atoms with Crippen LogP contribution in [-0.4, -0.2) is 11.7 Å². The van der Waals surface area contributed by atoms with Gasteiger partial charge < -0.3 is 10.8 Å². The van der Waals surface area contributed by atoms with Gasteiger partial charge in [0.1, 0.15) is 5.75 Å². The molecule has 19 heavy (non-hydrogen) atoms. The lowest BCUT2D eigenvalue weighted by atomic mass is 9.92. The van der Waals surface area contributed by atoms with Crippen molar-refractivity contribution in [2.24, 2.45) is 11.7 Å². The molecule has 2 aromatic carbocycles. The molecule has 0 radical (unpaired) electrons. The molecular weight excluding hydrogens is 258 g/mol. The highest BCUT2D eigenvalue weighted by molar-refractivity contribution is 6.31. The summed E-state index contributed by atoms with van der Waals surface area (Å²) in [6.07, 6.45) is 1.70. The predicted octanol–water partition coefficient (Wildman–Crippen LogP) is 3.41. The summed E-state index contributed by atoms with van der Waals surface area (Å²) >= 11 is 6.17. The second-order valence-electron chi connectivity index (χ2n) is 4.77. The molecule has 3 heteroatoms. The Labute approximate surface area is 118 Å². The summed E-state index contributed by atoms with van der Waals surface area (Å²) in [6, 6.07) is 15.2. The molecule has 0 aliphatic rings. The van der Waals surface area contributed by atoms with E-state index in [1.54, 1.807) is 12.1 Å². The second kappa shape index (κ2) is 6.60. The first-order valence-electron chi connectivity index (χ1n) is 6.40. The molecule has 0 heterocycles. The van der Waals surface area contributed by atoms with Gasteiger partial charge in [0.2, 0.25) is 0 Å². The summed E-state index contributed by atoms with van der Waals surface area (Å²) in [5, 5.41) is 10.3. The normalized spacial score (nSPS) is 12.3. The molecular formula is C16H18ClNO. The Bertz CT molecular complexity index is 542. The van der Waals surface area contributed by atoms with Crippen LogP contribution in [0.1, 0.15) is 11.1 Å². The van der Waals surface area contributed by atoms with Crippen molar-refractivity contribution in [1.82, 2.24) is 0 Å². The zero-order chi connectivity index (χ0) is 13.7. The fraction of sp³-hybridized carbons (Fsp3) is 0.250. The number of benzene rings is 2. The molecule has 1 atom stereocenters. The van der Waals surface area contributed by atoms with Crippen LogP contribution in [0.3, 0.4) is 0 Å². The van der Waals surface area contributed by atoms with Crippen LogP contribution < -0.4 is 5.73 Å². The van der Waals surface area contributed by atoms with Gasteiger partial charge in [-0.2, -0.15) is 0 Å². The van der Waals surface area contributed by atoms with Crippen LogP contribution in [0, 0.1) is 5.92 Å². The number of hydrogen-bond acceptors (Lipinski definition) is 2. The van der Waals surface area contributed by atoms with E-state index in [0.717, 1.165) is 29.0 Å². The summed E-state index contributed by atoms with van der Waals surface area (Å²) in [6.45, 7) is 0.598. The summed E-state index contributed by atoms with van der Waals surface area (Å²) in [7, 11) is 0. The largest absolute Gasteiger partial charge is 0.508 e. The quantitative estimate of drug-likeness (QED) is 0.878. The number of halogens is 1. The molecule has 0 bridgehead atoms. The third-order valence-electron chi connectivity index (χ3n) is 3.23. The molecule has 0 amide bonds. The summed E-state index contributed by atoms with van der Waals surface area (Å²) in [5.41, 5.74) is 8.08. The van der Waals surface area contributed by atoms with E-state index in [1.165, 1.54) is 0 Å². The molecule has 3 N–H and O–H groups in total. The molecule has 100 valence electrons. The zero-order valence-electron chi connectivity index (χ0n) is 10.7. The van der Waals surface area contributed by atoms with Crippen molar-refractivity contribution >= 4 is 11.6 Å². The van der Waals surface area contributed by atoms with Crippen molar-refractivity contribution in [3.05, 3.63) is 64.7 Å². The van der Waals surface area contributed by atoms with Crippen molar-refractivity contribution in [1.29, 1.82) is 0 Å². The minimum atomic E-state index is 0.297. The molecule has 0 fully saturated rings. The Morgan fingerprint density at radius 2 is 1.84 bits per heavy atom. The fourth-order valence-electron chi connectivity index (χ4n) is 2.23. The van der Waals surface area contributed by atoms with Crippen LogP contribution >= 0.6 is 11.6 Å². The minimum absolute atomic E-state index is 0.297. The summed E-state index contributed by atoms with van der Waals surface area (Å²) < 4.78 is 0.